The predicted molar refractivity (Wildman–Crippen MR) is 62.4 cm³/mol. The van der Waals surface area contributed by atoms with Crippen molar-refractivity contribution in [3.63, 3.8) is 0 Å². The van der Waals surface area contributed by atoms with Gasteiger partial charge in [0.05, 0.1) is 17.5 Å². The van der Waals surface area contributed by atoms with E-state index in [0.717, 1.165) is 12.2 Å². The molecule has 1 N–H and O–H groups in total. The second kappa shape index (κ2) is 3.82. The lowest BCUT2D eigenvalue weighted by Gasteiger charge is -2.47. The molecule has 2 aliphatic rings. The standard InChI is InChI=1S/C11H21NO2S/c1-7-5-9-10(8(2)14-7)15(13)6-11(3,4)12-9/h7-10,12H,5-6H2,1-4H3. The highest BCUT2D eigenvalue weighted by Crippen LogP contribution is 2.30. The van der Waals surface area contributed by atoms with Gasteiger partial charge in [-0.15, -0.1) is 0 Å². The Hall–Kier alpha value is 0.0700. The van der Waals surface area contributed by atoms with E-state index >= 15 is 0 Å². The Bertz CT molecular complexity index is 280. The Kier molecular flexibility index (Phi) is 2.95. The average molecular weight is 231 g/mol. The van der Waals surface area contributed by atoms with Crippen molar-refractivity contribution in [2.75, 3.05) is 5.75 Å². The van der Waals surface area contributed by atoms with E-state index in [2.05, 4.69) is 26.1 Å². The van der Waals surface area contributed by atoms with Crippen molar-refractivity contribution in [1.82, 2.24) is 5.32 Å². The maximum atomic E-state index is 12.2. The van der Waals surface area contributed by atoms with Crippen LogP contribution in [0.1, 0.15) is 34.1 Å². The van der Waals surface area contributed by atoms with Crippen LogP contribution in [0, 0.1) is 0 Å². The van der Waals surface area contributed by atoms with Gasteiger partial charge in [0.2, 0.25) is 0 Å². The number of hydrogen-bond donors (Lipinski definition) is 1. The molecule has 5 unspecified atom stereocenters. The van der Waals surface area contributed by atoms with Crippen molar-refractivity contribution in [1.29, 1.82) is 0 Å². The van der Waals surface area contributed by atoms with Gasteiger partial charge in [0.1, 0.15) is 0 Å². The zero-order valence-corrected chi connectivity index (χ0v) is 10.8. The number of rotatable bonds is 0. The maximum Gasteiger partial charge on any atom is 0.0762 e. The molecule has 2 fully saturated rings. The second-order valence-electron chi connectivity index (χ2n) is 5.51. The third kappa shape index (κ3) is 2.27. The van der Waals surface area contributed by atoms with Gasteiger partial charge >= 0.3 is 0 Å². The highest BCUT2D eigenvalue weighted by atomic mass is 32.2. The van der Waals surface area contributed by atoms with Crippen molar-refractivity contribution in [2.45, 2.75) is 63.2 Å². The van der Waals surface area contributed by atoms with Crippen molar-refractivity contribution in [3.8, 4) is 0 Å². The van der Waals surface area contributed by atoms with Crippen LogP contribution in [-0.2, 0) is 15.5 Å². The van der Waals surface area contributed by atoms with Crippen molar-refractivity contribution < 1.29 is 8.95 Å². The molecule has 5 atom stereocenters. The Morgan fingerprint density at radius 3 is 2.73 bits per heavy atom. The van der Waals surface area contributed by atoms with Crippen LogP contribution in [0.15, 0.2) is 0 Å². The van der Waals surface area contributed by atoms with Crippen LogP contribution < -0.4 is 5.32 Å². The average Bonchev–Trinajstić information content (AvgIpc) is 1.97. The molecule has 0 spiro atoms. The molecule has 0 aromatic rings. The van der Waals surface area contributed by atoms with Crippen LogP contribution in [0.4, 0.5) is 0 Å². The summed E-state index contributed by atoms with van der Waals surface area (Å²) < 4.78 is 17.9. The molecule has 0 radical (unpaired) electrons. The van der Waals surface area contributed by atoms with Crippen molar-refractivity contribution >= 4 is 10.8 Å². The van der Waals surface area contributed by atoms with Gasteiger partial charge in [-0.25, -0.2) is 0 Å². The van der Waals surface area contributed by atoms with Crippen LogP contribution in [0.2, 0.25) is 0 Å². The molecule has 0 amide bonds. The lowest BCUT2D eigenvalue weighted by Crippen LogP contribution is -2.66. The Morgan fingerprint density at radius 2 is 2.07 bits per heavy atom. The van der Waals surface area contributed by atoms with Crippen molar-refractivity contribution in [3.05, 3.63) is 0 Å². The van der Waals surface area contributed by atoms with Gasteiger partial charge in [0.15, 0.2) is 0 Å². The smallest absolute Gasteiger partial charge is 0.0762 e. The summed E-state index contributed by atoms with van der Waals surface area (Å²) in [5.74, 6) is 0.732. The van der Waals surface area contributed by atoms with Crippen LogP contribution in [0.3, 0.4) is 0 Å². The molecule has 2 rings (SSSR count). The molecule has 2 heterocycles. The summed E-state index contributed by atoms with van der Waals surface area (Å²) in [6.45, 7) is 8.40. The third-order valence-electron chi connectivity index (χ3n) is 3.27. The summed E-state index contributed by atoms with van der Waals surface area (Å²) >= 11 is 0. The van der Waals surface area contributed by atoms with Crippen LogP contribution in [0.25, 0.3) is 0 Å². The molecule has 0 saturated carbocycles. The molecular weight excluding hydrogens is 210 g/mol. The summed E-state index contributed by atoms with van der Waals surface area (Å²) in [4.78, 5) is 0. The minimum absolute atomic E-state index is 0.00279. The fraction of sp³-hybridized carbons (Fsp3) is 1.00. The van der Waals surface area contributed by atoms with Gasteiger partial charge in [-0.2, -0.15) is 0 Å². The highest BCUT2D eigenvalue weighted by molar-refractivity contribution is 7.85. The number of ether oxygens (including phenoxy) is 1. The molecule has 15 heavy (non-hydrogen) atoms. The Morgan fingerprint density at radius 1 is 1.40 bits per heavy atom. The van der Waals surface area contributed by atoms with Crippen LogP contribution in [-0.4, -0.2) is 39.0 Å². The van der Waals surface area contributed by atoms with Crippen LogP contribution >= 0.6 is 0 Å². The monoisotopic (exact) mass is 231 g/mol. The molecule has 0 aromatic heterocycles. The minimum Gasteiger partial charge on any atom is -0.374 e. The van der Waals surface area contributed by atoms with E-state index in [1.807, 2.05) is 6.92 Å². The van der Waals surface area contributed by atoms with Gasteiger partial charge in [-0.05, 0) is 34.1 Å². The predicted octanol–water partition coefficient (Wildman–Crippen LogP) is 1.05. The normalized spacial score (nSPS) is 49.7. The van der Waals surface area contributed by atoms with E-state index in [0.29, 0.717) is 6.04 Å². The molecule has 2 aliphatic heterocycles. The zero-order chi connectivity index (χ0) is 11.2. The van der Waals surface area contributed by atoms with E-state index in [9.17, 15) is 4.21 Å². The summed E-state index contributed by atoms with van der Waals surface area (Å²) in [6.07, 6.45) is 1.37. The number of hydrogen-bond acceptors (Lipinski definition) is 3. The molecule has 2 saturated heterocycles. The number of nitrogens with one attached hydrogen (secondary N) is 1. The van der Waals surface area contributed by atoms with E-state index in [1.165, 1.54) is 0 Å². The minimum atomic E-state index is -0.759. The first kappa shape index (κ1) is 11.6. The summed E-state index contributed by atoms with van der Waals surface area (Å²) in [7, 11) is -0.759. The highest BCUT2D eigenvalue weighted by Gasteiger charge is 2.45. The first-order chi connectivity index (χ1) is 6.89. The Balaban J connectivity index is 2.19. The van der Waals surface area contributed by atoms with Crippen molar-refractivity contribution in [2.24, 2.45) is 0 Å². The molecule has 0 aromatic carbocycles. The SMILES string of the molecule is CC1CC2NC(C)(C)CS(=O)C2C(C)O1. The number of fused-ring (bicyclic) bond motifs is 1. The zero-order valence-electron chi connectivity index (χ0n) is 9.95. The largest absolute Gasteiger partial charge is 0.374 e. The molecule has 88 valence electrons. The second-order valence-corrected chi connectivity index (χ2v) is 7.11. The van der Waals surface area contributed by atoms with Gasteiger partial charge in [-0.1, -0.05) is 0 Å². The topological polar surface area (TPSA) is 38.3 Å². The van der Waals surface area contributed by atoms with Gasteiger partial charge in [0, 0.05) is 28.1 Å². The summed E-state index contributed by atoms with van der Waals surface area (Å²) in [6, 6.07) is 0.355. The Labute approximate surface area is 94.4 Å². The lowest BCUT2D eigenvalue weighted by molar-refractivity contribution is -0.0433. The molecule has 3 nitrogen and oxygen atoms in total. The van der Waals surface area contributed by atoms with Gasteiger partial charge in [-0.3, -0.25) is 4.21 Å². The van der Waals surface area contributed by atoms with E-state index < -0.39 is 10.8 Å². The summed E-state index contributed by atoms with van der Waals surface area (Å²) in [5, 5.41) is 3.79. The first-order valence-corrected chi connectivity index (χ1v) is 7.07. The molecular formula is C11H21NO2S. The first-order valence-electron chi connectivity index (χ1n) is 5.69. The summed E-state index contributed by atoms with van der Waals surface area (Å²) in [5.41, 5.74) is 0.00279. The molecule has 4 heteroatoms. The van der Waals surface area contributed by atoms with Gasteiger partial charge in [0.25, 0.3) is 0 Å². The molecule has 0 aliphatic carbocycles. The van der Waals surface area contributed by atoms with Gasteiger partial charge < -0.3 is 10.1 Å². The fourth-order valence-corrected chi connectivity index (χ4v) is 4.88. The van der Waals surface area contributed by atoms with Crippen LogP contribution in [0.5, 0.6) is 0 Å². The lowest BCUT2D eigenvalue weighted by atomic mass is 9.95. The van der Waals surface area contributed by atoms with E-state index in [-0.39, 0.29) is 23.0 Å². The van der Waals surface area contributed by atoms with E-state index in [1.54, 1.807) is 0 Å². The fourth-order valence-electron chi connectivity index (χ4n) is 2.85. The third-order valence-corrected chi connectivity index (χ3v) is 5.60. The molecule has 0 bridgehead atoms. The van der Waals surface area contributed by atoms with E-state index in [4.69, 9.17) is 4.74 Å². The maximum absolute atomic E-state index is 12.2. The quantitative estimate of drug-likeness (QED) is 0.677.